The predicted molar refractivity (Wildman–Crippen MR) is 85.0 cm³/mol. The third-order valence-corrected chi connectivity index (χ3v) is 4.48. The van der Waals surface area contributed by atoms with E-state index in [-0.39, 0.29) is 11.3 Å². The highest BCUT2D eigenvalue weighted by molar-refractivity contribution is 5.77. The topological polar surface area (TPSA) is 68.5 Å². The summed E-state index contributed by atoms with van der Waals surface area (Å²) < 4.78 is 10.7. The van der Waals surface area contributed by atoms with E-state index in [0.29, 0.717) is 36.5 Å². The van der Waals surface area contributed by atoms with Crippen molar-refractivity contribution in [1.82, 2.24) is 15.0 Å². The van der Waals surface area contributed by atoms with Crippen LogP contribution in [-0.4, -0.2) is 46.7 Å². The maximum Gasteiger partial charge on any atom is 0.227 e. The average molecular weight is 321 g/mol. The van der Waals surface area contributed by atoms with Gasteiger partial charge in [0.15, 0.2) is 5.82 Å². The molecule has 3 rings (SSSR count). The minimum Gasteiger partial charge on any atom is -0.381 e. The van der Waals surface area contributed by atoms with E-state index >= 15 is 0 Å². The summed E-state index contributed by atoms with van der Waals surface area (Å²) in [5.74, 6) is 1.95. The molecular formula is C17H27N3O3. The number of amides is 1. The molecule has 1 aromatic heterocycles. The van der Waals surface area contributed by atoms with Gasteiger partial charge < -0.3 is 14.2 Å². The van der Waals surface area contributed by atoms with Crippen LogP contribution in [0.25, 0.3) is 0 Å². The van der Waals surface area contributed by atoms with Gasteiger partial charge in [-0.1, -0.05) is 25.9 Å². The van der Waals surface area contributed by atoms with Gasteiger partial charge >= 0.3 is 0 Å². The average Bonchev–Trinajstić information content (AvgIpc) is 3.01. The maximum absolute atomic E-state index is 12.6. The Bertz CT molecular complexity index is 540. The van der Waals surface area contributed by atoms with Gasteiger partial charge in [-0.2, -0.15) is 4.98 Å². The zero-order valence-corrected chi connectivity index (χ0v) is 14.4. The fraction of sp³-hybridized carbons (Fsp3) is 0.824. The Balaban J connectivity index is 1.53. The second-order valence-corrected chi connectivity index (χ2v) is 7.77. The molecule has 1 aromatic rings. The first-order valence-corrected chi connectivity index (χ1v) is 8.64. The molecule has 1 saturated carbocycles. The highest BCUT2D eigenvalue weighted by atomic mass is 16.5. The number of carbonyl (C=O) groups is 1. The van der Waals surface area contributed by atoms with Crippen molar-refractivity contribution in [3.05, 3.63) is 11.7 Å². The van der Waals surface area contributed by atoms with Crippen LogP contribution in [0, 0.1) is 5.92 Å². The van der Waals surface area contributed by atoms with Crippen LogP contribution < -0.4 is 0 Å². The number of hydrogen-bond donors (Lipinski definition) is 0. The van der Waals surface area contributed by atoms with E-state index in [1.54, 1.807) is 0 Å². The number of carbonyl (C=O) groups excluding carboxylic acids is 1. The fourth-order valence-electron chi connectivity index (χ4n) is 2.86. The first kappa shape index (κ1) is 16.4. The van der Waals surface area contributed by atoms with Crippen LogP contribution in [0.2, 0.25) is 0 Å². The maximum atomic E-state index is 12.6. The van der Waals surface area contributed by atoms with Crippen LogP contribution in [0.1, 0.15) is 58.2 Å². The molecule has 0 unspecified atom stereocenters. The van der Waals surface area contributed by atoms with E-state index in [2.05, 4.69) is 15.0 Å². The van der Waals surface area contributed by atoms with Crippen molar-refractivity contribution in [1.29, 1.82) is 0 Å². The molecule has 0 bridgehead atoms. The van der Waals surface area contributed by atoms with Gasteiger partial charge in [-0.15, -0.1) is 0 Å². The Kier molecular flexibility index (Phi) is 4.71. The molecule has 6 nitrogen and oxygen atoms in total. The summed E-state index contributed by atoms with van der Waals surface area (Å²) >= 11 is 0. The number of hydrogen-bond acceptors (Lipinski definition) is 5. The van der Waals surface area contributed by atoms with Gasteiger partial charge in [0, 0.05) is 43.4 Å². The normalized spacial score (nSPS) is 21.6. The summed E-state index contributed by atoms with van der Waals surface area (Å²) in [7, 11) is 0. The molecule has 1 saturated heterocycles. The van der Waals surface area contributed by atoms with Crippen molar-refractivity contribution in [3.8, 4) is 0 Å². The standard InChI is InChI=1S/C17H27N3O3/c1-17(2,3)16-18-14(23-19-16)6-7-15(21)20(13-4-5-13)10-12-8-9-22-11-12/h12-13H,4-11H2,1-3H3/t12-/m0/s1. The number of ether oxygens (including phenoxy) is 1. The van der Waals surface area contributed by atoms with Gasteiger partial charge in [-0.25, -0.2) is 0 Å². The quantitative estimate of drug-likeness (QED) is 0.804. The molecule has 128 valence electrons. The van der Waals surface area contributed by atoms with Gasteiger partial charge in [0.2, 0.25) is 11.8 Å². The van der Waals surface area contributed by atoms with E-state index in [9.17, 15) is 4.79 Å². The smallest absolute Gasteiger partial charge is 0.227 e. The van der Waals surface area contributed by atoms with E-state index in [0.717, 1.165) is 39.0 Å². The largest absolute Gasteiger partial charge is 0.381 e. The molecule has 1 atom stereocenters. The van der Waals surface area contributed by atoms with E-state index in [1.165, 1.54) is 0 Å². The van der Waals surface area contributed by atoms with Crippen molar-refractivity contribution < 1.29 is 14.1 Å². The van der Waals surface area contributed by atoms with Crippen LogP contribution in [0.4, 0.5) is 0 Å². The second-order valence-electron chi connectivity index (χ2n) is 7.77. The van der Waals surface area contributed by atoms with Gasteiger partial charge in [0.1, 0.15) is 0 Å². The lowest BCUT2D eigenvalue weighted by Crippen LogP contribution is -2.37. The summed E-state index contributed by atoms with van der Waals surface area (Å²) in [6, 6.07) is 0.441. The van der Waals surface area contributed by atoms with Gasteiger partial charge in [-0.3, -0.25) is 4.79 Å². The van der Waals surface area contributed by atoms with Crippen molar-refractivity contribution in [2.45, 2.75) is 64.3 Å². The van der Waals surface area contributed by atoms with Crippen LogP contribution in [0.15, 0.2) is 4.52 Å². The number of rotatable bonds is 6. The highest BCUT2D eigenvalue weighted by Gasteiger charge is 2.34. The molecule has 0 N–H and O–H groups in total. The Morgan fingerprint density at radius 3 is 2.65 bits per heavy atom. The SMILES string of the molecule is CC(C)(C)c1noc(CCC(=O)N(C[C@@H]2CCOC2)C2CC2)n1. The minimum atomic E-state index is -0.131. The van der Waals surface area contributed by atoms with Gasteiger partial charge in [0.05, 0.1) is 6.61 Å². The summed E-state index contributed by atoms with van der Waals surface area (Å²) in [5.41, 5.74) is -0.131. The number of aromatic nitrogens is 2. The zero-order chi connectivity index (χ0) is 16.4. The van der Waals surface area contributed by atoms with Gasteiger partial charge in [0.25, 0.3) is 0 Å². The number of nitrogens with zero attached hydrogens (tertiary/aromatic N) is 3. The molecule has 0 aromatic carbocycles. The lowest BCUT2D eigenvalue weighted by molar-refractivity contribution is -0.132. The van der Waals surface area contributed by atoms with Crippen molar-refractivity contribution in [2.75, 3.05) is 19.8 Å². The van der Waals surface area contributed by atoms with E-state index in [4.69, 9.17) is 9.26 Å². The summed E-state index contributed by atoms with van der Waals surface area (Å²) in [6.07, 6.45) is 4.29. The Labute approximate surface area is 137 Å². The van der Waals surface area contributed by atoms with E-state index in [1.807, 2.05) is 20.8 Å². The first-order chi connectivity index (χ1) is 10.9. The predicted octanol–water partition coefficient (Wildman–Crippen LogP) is 2.33. The molecule has 6 heteroatoms. The Hall–Kier alpha value is -1.43. The van der Waals surface area contributed by atoms with Crippen molar-refractivity contribution >= 4 is 5.91 Å². The molecule has 1 amide bonds. The molecule has 0 spiro atoms. The second kappa shape index (κ2) is 6.59. The molecule has 2 fully saturated rings. The first-order valence-electron chi connectivity index (χ1n) is 8.64. The van der Waals surface area contributed by atoms with Crippen LogP contribution in [0.5, 0.6) is 0 Å². The summed E-state index contributed by atoms with van der Waals surface area (Å²) in [6.45, 7) is 8.59. The van der Waals surface area contributed by atoms with E-state index < -0.39 is 0 Å². The molecule has 23 heavy (non-hydrogen) atoms. The third-order valence-electron chi connectivity index (χ3n) is 4.48. The molecular weight excluding hydrogens is 294 g/mol. The molecule has 2 aliphatic rings. The molecule has 2 heterocycles. The van der Waals surface area contributed by atoms with Crippen molar-refractivity contribution in [2.24, 2.45) is 5.92 Å². The third kappa shape index (κ3) is 4.31. The molecule has 0 radical (unpaired) electrons. The van der Waals surface area contributed by atoms with Crippen LogP contribution in [0.3, 0.4) is 0 Å². The van der Waals surface area contributed by atoms with Crippen molar-refractivity contribution in [3.63, 3.8) is 0 Å². The summed E-state index contributed by atoms with van der Waals surface area (Å²) in [5, 5.41) is 4.01. The zero-order valence-electron chi connectivity index (χ0n) is 14.4. The Morgan fingerprint density at radius 2 is 2.09 bits per heavy atom. The molecule has 1 aliphatic carbocycles. The lowest BCUT2D eigenvalue weighted by Gasteiger charge is -2.25. The minimum absolute atomic E-state index is 0.131. The Morgan fingerprint density at radius 1 is 1.30 bits per heavy atom. The molecule has 1 aliphatic heterocycles. The number of aryl methyl sites for hydroxylation is 1. The lowest BCUT2D eigenvalue weighted by atomic mass is 9.96. The van der Waals surface area contributed by atoms with Crippen LogP contribution >= 0.6 is 0 Å². The highest BCUT2D eigenvalue weighted by Crippen LogP contribution is 2.29. The van der Waals surface area contributed by atoms with Crippen LogP contribution in [-0.2, 0) is 21.4 Å². The fourth-order valence-corrected chi connectivity index (χ4v) is 2.86. The van der Waals surface area contributed by atoms with Gasteiger partial charge in [-0.05, 0) is 19.3 Å². The summed E-state index contributed by atoms with van der Waals surface area (Å²) in [4.78, 5) is 19.0. The monoisotopic (exact) mass is 321 g/mol.